The molecule has 0 aromatic heterocycles. The number of benzene rings is 1. The van der Waals surface area contributed by atoms with Crippen molar-refractivity contribution in [3.63, 3.8) is 0 Å². The largest absolute Gasteiger partial charge is 0.481 e. The lowest BCUT2D eigenvalue weighted by molar-refractivity contribution is -0.137. The highest BCUT2D eigenvalue weighted by atomic mass is 16.4. The van der Waals surface area contributed by atoms with Crippen molar-refractivity contribution in [1.82, 2.24) is 5.32 Å². The number of carbonyl (C=O) groups is 2. The summed E-state index contributed by atoms with van der Waals surface area (Å²) in [5, 5.41) is 11.6. The van der Waals surface area contributed by atoms with Crippen molar-refractivity contribution >= 4 is 11.9 Å². The van der Waals surface area contributed by atoms with Gasteiger partial charge in [0, 0.05) is 11.6 Å². The Hall–Kier alpha value is -1.84. The molecule has 19 heavy (non-hydrogen) atoms. The molecule has 0 bridgehead atoms. The summed E-state index contributed by atoms with van der Waals surface area (Å²) in [6.07, 6.45) is 2.41. The summed E-state index contributed by atoms with van der Waals surface area (Å²) < 4.78 is 0. The molecule has 0 fully saturated rings. The molecule has 0 radical (unpaired) electrons. The third-order valence-corrected chi connectivity index (χ3v) is 3.02. The Balaban J connectivity index is 2.66. The molecule has 0 aliphatic rings. The predicted molar refractivity (Wildman–Crippen MR) is 74.2 cm³/mol. The Morgan fingerprint density at radius 3 is 2.32 bits per heavy atom. The fraction of sp³-hybridized carbons (Fsp3) is 0.467. The van der Waals surface area contributed by atoms with Crippen LogP contribution in [0.25, 0.3) is 0 Å². The number of carbonyl (C=O) groups excluding carboxylic acids is 1. The van der Waals surface area contributed by atoms with Gasteiger partial charge in [0.1, 0.15) is 0 Å². The molecular weight excluding hydrogens is 242 g/mol. The number of aliphatic carboxylic acids is 1. The average Bonchev–Trinajstić information content (AvgIpc) is 2.38. The molecule has 0 aliphatic carbocycles. The van der Waals surface area contributed by atoms with Gasteiger partial charge in [0.15, 0.2) is 0 Å². The van der Waals surface area contributed by atoms with Crippen LogP contribution in [-0.2, 0) is 11.2 Å². The van der Waals surface area contributed by atoms with Crippen LogP contribution in [0.1, 0.15) is 49.0 Å². The quantitative estimate of drug-likeness (QED) is 0.794. The molecule has 4 heteroatoms. The number of hydrogen-bond donors (Lipinski definition) is 2. The Kier molecular flexibility index (Phi) is 6.06. The third-order valence-electron chi connectivity index (χ3n) is 3.02. The first kappa shape index (κ1) is 15.2. The van der Waals surface area contributed by atoms with Gasteiger partial charge in [0.05, 0.1) is 6.42 Å². The topological polar surface area (TPSA) is 66.4 Å². The van der Waals surface area contributed by atoms with Crippen molar-refractivity contribution in [1.29, 1.82) is 0 Å². The van der Waals surface area contributed by atoms with E-state index in [1.165, 1.54) is 5.56 Å². The Morgan fingerprint density at radius 1 is 1.21 bits per heavy atom. The zero-order valence-corrected chi connectivity index (χ0v) is 11.5. The van der Waals surface area contributed by atoms with E-state index in [-0.39, 0.29) is 18.4 Å². The fourth-order valence-corrected chi connectivity index (χ4v) is 1.95. The second-order valence-electron chi connectivity index (χ2n) is 4.61. The fourth-order valence-electron chi connectivity index (χ4n) is 1.95. The van der Waals surface area contributed by atoms with Gasteiger partial charge in [-0.25, -0.2) is 0 Å². The van der Waals surface area contributed by atoms with Crippen LogP contribution in [0, 0.1) is 0 Å². The molecule has 0 saturated heterocycles. The molecular formula is C15H21NO3. The molecule has 1 aromatic rings. The maximum atomic E-state index is 12.0. The number of rotatable bonds is 7. The summed E-state index contributed by atoms with van der Waals surface area (Å²) in [6, 6.07) is 7.08. The summed E-state index contributed by atoms with van der Waals surface area (Å²) in [6.45, 7) is 4.02. The van der Waals surface area contributed by atoms with Crippen molar-refractivity contribution in [2.75, 3.05) is 0 Å². The lowest BCUT2D eigenvalue weighted by Gasteiger charge is -2.16. The average molecular weight is 263 g/mol. The van der Waals surface area contributed by atoms with Gasteiger partial charge >= 0.3 is 5.97 Å². The maximum Gasteiger partial charge on any atom is 0.305 e. The zero-order valence-electron chi connectivity index (χ0n) is 11.5. The van der Waals surface area contributed by atoms with E-state index in [4.69, 9.17) is 5.11 Å². The molecule has 0 heterocycles. The molecule has 0 aliphatic heterocycles. The molecule has 0 saturated carbocycles. The molecule has 0 spiro atoms. The standard InChI is InChI=1S/C15H21NO3/c1-3-5-13(10-14(17)18)16-15(19)12-8-6-11(4-2)7-9-12/h6-9,13H,3-5,10H2,1-2H3,(H,16,19)(H,17,18). The number of amides is 1. The molecule has 1 rings (SSSR count). The molecule has 1 unspecified atom stereocenters. The van der Waals surface area contributed by atoms with Crippen molar-refractivity contribution in [3.8, 4) is 0 Å². The first-order chi connectivity index (χ1) is 9.06. The van der Waals surface area contributed by atoms with Gasteiger partial charge in [-0.1, -0.05) is 32.4 Å². The van der Waals surface area contributed by atoms with Gasteiger partial charge in [-0.05, 0) is 30.5 Å². The maximum absolute atomic E-state index is 12.0. The van der Waals surface area contributed by atoms with Crippen LogP contribution in [0.15, 0.2) is 24.3 Å². The zero-order chi connectivity index (χ0) is 14.3. The predicted octanol–water partition coefficient (Wildman–Crippen LogP) is 2.62. The number of carboxylic acid groups (broad SMARTS) is 1. The second-order valence-corrected chi connectivity index (χ2v) is 4.61. The highest BCUT2D eigenvalue weighted by Crippen LogP contribution is 2.07. The van der Waals surface area contributed by atoms with E-state index in [9.17, 15) is 9.59 Å². The van der Waals surface area contributed by atoms with Gasteiger partial charge in [-0.15, -0.1) is 0 Å². The molecule has 1 amide bonds. The van der Waals surface area contributed by atoms with Crippen LogP contribution >= 0.6 is 0 Å². The lowest BCUT2D eigenvalue weighted by atomic mass is 10.1. The Labute approximate surface area is 113 Å². The van der Waals surface area contributed by atoms with Crippen LogP contribution in [0.4, 0.5) is 0 Å². The molecule has 4 nitrogen and oxygen atoms in total. The summed E-state index contributed by atoms with van der Waals surface area (Å²) >= 11 is 0. The summed E-state index contributed by atoms with van der Waals surface area (Å²) in [5.41, 5.74) is 1.75. The van der Waals surface area contributed by atoms with Crippen LogP contribution in [0.5, 0.6) is 0 Å². The van der Waals surface area contributed by atoms with Crippen molar-refractivity contribution in [3.05, 3.63) is 35.4 Å². The number of nitrogens with one attached hydrogen (secondary N) is 1. The second kappa shape index (κ2) is 7.56. The summed E-state index contributed by atoms with van der Waals surface area (Å²) in [5.74, 6) is -1.09. The van der Waals surface area contributed by atoms with Crippen LogP contribution in [0.3, 0.4) is 0 Å². The Bertz CT molecular complexity index is 426. The van der Waals surface area contributed by atoms with Gasteiger partial charge < -0.3 is 10.4 Å². The first-order valence-corrected chi connectivity index (χ1v) is 6.68. The van der Waals surface area contributed by atoms with Gasteiger partial charge in [0.25, 0.3) is 5.91 Å². The number of hydrogen-bond acceptors (Lipinski definition) is 2. The van der Waals surface area contributed by atoms with E-state index in [1.54, 1.807) is 12.1 Å². The van der Waals surface area contributed by atoms with Gasteiger partial charge in [0.2, 0.25) is 0 Å². The van der Waals surface area contributed by atoms with E-state index in [0.29, 0.717) is 12.0 Å². The lowest BCUT2D eigenvalue weighted by Crippen LogP contribution is -2.36. The molecule has 1 atom stereocenters. The number of aryl methyl sites for hydroxylation is 1. The third kappa shape index (κ3) is 5.12. The monoisotopic (exact) mass is 263 g/mol. The van der Waals surface area contributed by atoms with E-state index < -0.39 is 5.97 Å². The summed E-state index contributed by atoms with van der Waals surface area (Å²) in [4.78, 5) is 22.7. The molecule has 104 valence electrons. The normalized spacial score (nSPS) is 11.9. The molecule has 1 aromatic carbocycles. The Morgan fingerprint density at radius 2 is 1.84 bits per heavy atom. The smallest absolute Gasteiger partial charge is 0.305 e. The van der Waals surface area contributed by atoms with Crippen LogP contribution < -0.4 is 5.32 Å². The van der Waals surface area contributed by atoms with E-state index in [1.807, 2.05) is 19.1 Å². The SMILES string of the molecule is CCCC(CC(=O)O)NC(=O)c1ccc(CC)cc1. The van der Waals surface area contributed by atoms with E-state index >= 15 is 0 Å². The van der Waals surface area contributed by atoms with Gasteiger partial charge in [-0.2, -0.15) is 0 Å². The van der Waals surface area contributed by atoms with E-state index in [2.05, 4.69) is 12.2 Å². The highest BCUT2D eigenvalue weighted by molar-refractivity contribution is 5.94. The minimum absolute atomic E-state index is 0.0351. The van der Waals surface area contributed by atoms with Crippen molar-refractivity contribution in [2.45, 2.75) is 45.6 Å². The summed E-state index contributed by atoms with van der Waals surface area (Å²) in [7, 11) is 0. The first-order valence-electron chi connectivity index (χ1n) is 6.68. The number of carboxylic acids is 1. The van der Waals surface area contributed by atoms with Crippen molar-refractivity contribution < 1.29 is 14.7 Å². The highest BCUT2D eigenvalue weighted by Gasteiger charge is 2.16. The van der Waals surface area contributed by atoms with Gasteiger partial charge in [-0.3, -0.25) is 9.59 Å². The van der Waals surface area contributed by atoms with Crippen molar-refractivity contribution in [2.24, 2.45) is 0 Å². The minimum Gasteiger partial charge on any atom is -0.481 e. The van der Waals surface area contributed by atoms with Crippen LogP contribution in [-0.4, -0.2) is 23.0 Å². The van der Waals surface area contributed by atoms with Crippen LogP contribution in [0.2, 0.25) is 0 Å². The van der Waals surface area contributed by atoms with E-state index in [0.717, 1.165) is 12.8 Å². The molecule has 2 N–H and O–H groups in total. The minimum atomic E-state index is -0.889.